The lowest BCUT2D eigenvalue weighted by Gasteiger charge is -2.35. The number of carbonyl (C=O) groups excluding carboxylic acids is 4. The predicted octanol–water partition coefficient (Wildman–Crippen LogP) is 10.9. The summed E-state index contributed by atoms with van der Waals surface area (Å²) in [5.41, 5.74) is -6.67. The van der Waals surface area contributed by atoms with Crippen molar-refractivity contribution in [2.45, 2.75) is 180 Å². The van der Waals surface area contributed by atoms with Gasteiger partial charge in [-0.25, -0.2) is 27.5 Å². The maximum atomic E-state index is 14.8. The standard InChI is InChI=1S/C51H36.C43H58N6O10S2/c1-13-27-47(28-14-2,29-15-3)39-25-26-40-51(44-41-48(30-16-4,31-17-5)32-18-6,45-42-49(33-19-7,34-20-8)35-21-9)46-43-50(36-22-10,37-23-11)38-24-12;1-11-26-19-43(26,35(50)23-61(54,55)48(8)9)47-39(51)32-17-28(20-49(32)40(52)38(42(5,6)7)46-41(53)59-27-14-15-57-21-27)58-34-18-30(31-22-60-36(44-31)16-24(2)3)45-37-25(4)33(56-10)13-12-29(34)37/h1-12H3;11-13,18,22,24,26-28,32,38H,1,14-17,19-21,23H2,2-10H3,(H,46,53)(H,47,51)/t;26?,27-,28+,32-,38+,43+/m.0/s1. The number of ether oxygens (including phenoxy) is 4. The van der Waals surface area contributed by atoms with Gasteiger partial charge in [0.05, 0.1) is 48.8 Å². The molecule has 2 saturated heterocycles. The first-order valence-corrected chi connectivity index (χ1v) is 38.5. The number of fused-ring (bicyclic) bond motifs is 1. The number of nitrogens with one attached hydrogen (secondary N) is 2. The number of amides is 3. The quantitative estimate of drug-likeness (QED) is 0.102. The van der Waals surface area contributed by atoms with E-state index in [1.54, 1.807) is 122 Å². The first-order valence-electron chi connectivity index (χ1n) is 36.0. The number of carbonyl (C=O) groups is 4. The van der Waals surface area contributed by atoms with Crippen LogP contribution in [0.3, 0.4) is 0 Å². The molecule has 4 heterocycles. The van der Waals surface area contributed by atoms with E-state index in [1.807, 2.05) is 30.5 Å². The van der Waals surface area contributed by atoms with Gasteiger partial charge in [0, 0.05) is 61.7 Å². The number of thiazole rings is 1. The minimum atomic E-state index is -3.96. The fourth-order valence-corrected chi connectivity index (χ4v) is 13.7. The SMILES string of the molecule is C=CC1C[C@]1(NC(=O)[C@@H]1C[C@@H](Oc2cc(-c3csc(CC(C)C)n3)nc3c(C)c(OC)ccc23)CN1C(=O)[C@@H](NC(=O)O[C@H]1CCOC1)C(C)(C)C)C(=O)CS(=O)(=O)N(C)C.CC#CC(C#CC)(C#CC)C#CC#CC(C#CC(C#CC)(C#CC)C#CC)(C#CC(C#CC)(C#CC)C#CC)C#CC(C#CC)(C#CC)C#CC. The van der Waals surface area contributed by atoms with Crippen molar-refractivity contribution < 1.29 is 46.5 Å². The van der Waals surface area contributed by atoms with Crippen molar-refractivity contribution in [2.75, 3.05) is 46.7 Å². The highest BCUT2D eigenvalue weighted by molar-refractivity contribution is 7.89. The Balaban J connectivity index is 0.000000409. The van der Waals surface area contributed by atoms with Crippen molar-refractivity contribution >= 4 is 56.0 Å². The fraction of sp³-hybridized carbons (Fsp3) is 0.447. The Morgan fingerprint density at radius 2 is 1.12 bits per heavy atom. The average molecular weight is 1530 g/mol. The first-order chi connectivity index (χ1) is 53.2. The van der Waals surface area contributed by atoms with Gasteiger partial charge in [-0.2, -0.15) is 0 Å². The number of benzene rings is 1. The molecule has 0 spiro atoms. The number of likely N-dealkylation sites (tertiary alicyclic amines) is 1. The van der Waals surface area contributed by atoms with Crippen LogP contribution in [0.2, 0.25) is 0 Å². The summed E-state index contributed by atoms with van der Waals surface area (Å²) in [6.07, 6.45) is 0.986. The second kappa shape index (κ2) is 41.1. The summed E-state index contributed by atoms with van der Waals surface area (Å²) in [6.45, 7) is 36.2. The van der Waals surface area contributed by atoms with Crippen LogP contribution in [0.1, 0.15) is 148 Å². The largest absolute Gasteiger partial charge is 0.496 e. The highest BCUT2D eigenvalue weighted by atomic mass is 32.2. The van der Waals surface area contributed by atoms with Crippen LogP contribution >= 0.6 is 11.3 Å². The van der Waals surface area contributed by atoms with Crippen molar-refractivity contribution in [3.8, 4) is 224 Å². The molecule has 1 unspecified atom stereocenters. The number of pyridine rings is 1. The van der Waals surface area contributed by atoms with E-state index in [0.29, 0.717) is 52.7 Å². The van der Waals surface area contributed by atoms with E-state index in [1.165, 1.54) is 25.1 Å². The highest BCUT2D eigenvalue weighted by Gasteiger charge is 2.61. The minimum Gasteiger partial charge on any atom is -0.496 e. The molecular weight excluding hydrogens is 1440 g/mol. The van der Waals surface area contributed by atoms with Gasteiger partial charge in [-0.1, -0.05) is 147 Å². The van der Waals surface area contributed by atoms with Crippen LogP contribution in [0.25, 0.3) is 22.3 Å². The van der Waals surface area contributed by atoms with Crippen molar-refractivity contribution in [1.82, 2.24) is 29.8 Å². The highest BCUT2D eigenvalue weighted by Crippen LogP contribution is 2.46. The lowest BCUT2D eigenvalue weighted by atomic mass is 9.81. The van der Waals surface area contributed by atoms with Gasteiger partial charge in [0.1, 0.15) is 47.1 Å². The third-order valence-electron chi connectivity index (χ3n) is 17.1. The minimum absolute atomic E-state index is 0.000836. The number of hydrogen-bond donors (Lipinski definition) is 2. The summed E-state index contributed by atoms with van der Waals surface area (Å²) >= 11 is 1.55. The fourth-order valence-electron chi connectivity index (χ4n) is 11.8. The Morgan fingerprint density at radius 1 is 0.670 bits per heavy atom. The summed E-state index contributed by atoms with van der Waals surface area (Å²) in [7, 11) is 0.292. The van der Waals surface area contributed by atoms with Crippen molar-refractivity contribution in [1.29, 1.82) is 0 Å². The third kappa shape index (κ3) is 23.9. The van der Waals surface area contributed by atoms with Crippen LogP contribution in [0.5, 0.6) is 11.5 Å². The van der Waals surface area contributed by atoms with E-state index in [9.17, 15) is 27.6 Å². The summed E-state index contributed by atoms with van der Waals surface area (Å²) in [5, 5.41) is 9.22. The van der Waals surface area contributed by atoms with Crippen LogP contribution in [0.15, 0.2) is 36.2 Å². The Labute approximate surface area is 670 Å². The van der Waals surface area contributed by atoms with Crippen LogP contribution in [0, 0.1) is 253 Å². The number of aromatic nitrogens is 2. The van der Waals surface area contributed by atoms with E-state index in [0.717, 1.165) is 21.3 Å². The van der Waals surface area contributed by atoms with Crippen LogP contribution in [-0.4, -0.2) is 128 Å². The molecule has 2 aliphatic heterocycles. The second-order valence-electron chi connectivity index (χ2n) is 27.3. The number of methoxy groups -OCH3 is 1. The van der Waals surface area contributed by atoms with Crippen molar-refractivity contribution in [2.24, 2.45) is 44.3 Å². The molecule has 572 valence electrons. The number of alkyl carbamates (subject to hydrolysis) is 1. The van der Waals surface area contributed by atoms with Gasteiger partial charge in [0.15, 0.2) is 5.78 Å². The summed E-state index contributed by atoms with van der Waals surface area (Å²) < 4.78 is 49.9. The number of nitrogens with zero attached hydrogens (tertiary/aromatic N) is 4. The summed E-state index contributed by atoms with van der Waals surface area (Å²) in [6, 6.07) is 3.15. The van der Waals surface area contributed by atoms with Gasteiger partial charge in [0.2, 0.25) is 48.9 Å². The predicted molar refractivity (Wildman–Crippen MR) is 443 cm³/mol. The lowest BCUT2D eigenvalue weighted by molar-refractivity contribution is -0.142. The van der Waals surface area contributed by atoms with Crippen LogP contribution in [-0.2, 0) is 40.3 Å². The monoisotopic (exact) mass is 1530 g/mol. The topological polar surface area (TPSA) is 196 Å². The molecule has 6 atom stereocenters. The molecule has 16 nitrogen and oxygen atoms in total. The van der Waals surface area contributed by atoms with Crippen molar-refractivity contribution in [3.63, 3.8) is 0 Å². The normalized spacial score (nSPS) is 16.3. The Hall–Kier alpha value is -12.1. The van der Waals surface area contributed by atoms with Gasteiger partial charge >= 0.3 is 6.09 Å². The smallest absolute Gasteiger partial charge is 0.408 e. The molecule has 1 saturated carbocycles. The molecule has 1 aliphatic carbocycles. The van der Waals surface area contributed by atoms with Crippen molar-refractivity contribution in [3.05, 3.63) is 46.8 Å². The van der Waals surface area contributed by atoms with Gasteiger partial charge < -0.3 is 34.5 Å². The molecule has 2 N–H and O–H groups in total. The molecule has 1 aromatic carbocycles. The average Bonchev–Trinajstić information content (AvgIpc) is 1.58. The molecule has 18 heteroatoms. The second-order valence-corrected chi connectivity index (χ2v) is 30.4. The molecule has 3 amide bonds. The third-order valence-corrected chi connectivity index (χ3v) is 19.7. The zero-order chi connectivity index (χ0) is 83.1. The lowest BCUT2D eigenvalue weighted by Crippen LogP contribution is -2.59. The summed E-state index contributed by atoms with van der Waals surface area (Å²) in [4.78, 5) is 67.6. The Bertz CT molecular complexity index is 5070. The molecule has 0 bridgehead atoms. The number of aryl methyl sites for hydroxylation is 1. The van der Waals surface area contributed by atoms with Gasteiger partial charge in [-0.3, -0.25) is 14.4 Å². The number of sulfonamides is 1. The van der Waals surface area contributed by atoms with E-state index < -0.39 is 108 Å². The number of rotatable bonds is 16. The zero-order valence-corrected chi connectivity index (χ0v) is 69.5. The van der Waals surface area contributed by atoms with Gasteiger partial charge in [0.25, 0.3) is 0 Å². The maximum absolute atomic E-state index is 14.8. The van der Waals surface area contributed by atoms with E-state index in [4.69, 9.17) is 28.9 Å². The van der Waals surface area contributed by atoms with Gasteiger partial charge in [-0.15, -0.1) is 89.0 Å². The van der Waals surface area contributed by atoms with Crippen LogP contribution in [0.4, 0.5) is 4.79 Å². The number of Topliss-reactive ketones (excluding diaryl/α,β-unsaturated/α-hetero) is 1. The van der Waals surface area contributed by atoms with Crippen LogP contribution < -0.4 is 20.1 Å². The molecule has 0 radical (unpaired) electrons. The van der Waals surface area contributed by atoms with E-state index in [2.05, 4.69) is 232 Å². The number of ketones is 1. The summed E-state index contributed by atoms with van der Waals surface area (Å²) in [5.74, 6) is 100. The Morgan fingerprint density at radius 3 is 1.52 bits per heavy atom. The van der Waals surface area contributed by atoms with E-state index in [-0.39, 0.29) is 26.0 Å². The molecule has 3 aliphatic rings. The Kier molecular flexibility index (Phi) is 33.2. The maximum Gasteiger partial charge on any atom is 0.408 e. The molecule has 112 heavy (non-hydrogen) atoms. The molecular formula is C94H94N6O10S2. The molecule has 2 aromatic heterocycles. The first kappa shape index (κ1) is 90.5. The molecule has 6 rings (SSSR count). The van der Waals surface area contributed by atoms with E-state index >= 15 is 0 Å². The molecule has 3 aromatic rings. The number of hydrogen-bond acceptors (Lipinski definition) is 13. The van der Waals surface area contributed by atoms with Gasteiger partial charge in [-0.05, 0) is 144 Å². The molecule has 3 fully saturated rings. The zero-order valence-electron chi connectivity index (χ0n) is 67.9.